The molecule has 1 saturated heterocycles. The number of nitrogens with zero attached hydrogens (tertiary/aromatic N) is 3. The van der Waals surface area contributed by atoms with Gasteiger partial charge in [-0.25, -0.2) is 4.98 Å². The maximum absolute atomic E-state index is 13.3. The normalized spacial score (nSPS) is 20.9. The Balaban J connectivity index is 2.05. The number of hydrogen-bond donors (Lipinski definition) is 1. The molecule has 1 aromatic carbocycles. The molecular formula is C17H14F3N3O. The van der Waals surface area contributed by atoms with Gasteiger partial charge in [0.25, 0.3) is 0 Å². The van der Waals surface area contributed by atoms with Crippen LogP contribution in [0.25, 0.3) is 0 Å². The highest BCUT2D eigenvalue weighted by Gasteiger charge is 2.39. The first-order valence-electron chi connectivity index (χ1n) is 7.37. The van der Waals surface area contributed by atoms with Crippen LogP contribution in [0.15, 0.2) is 42.6 Å². The van der Waals surface area contributed by atoms with Gasteiger partial charge in [-0.2, -0.15) is 18.4 Å². The van der Waals surface area contributed by atoms with Crippen LogP contribution in [0, 0.1) is 11.3 Å². The molecule has 1 aliphatic heterocycles. The van der Waals surface area contributed by atoms with E-state index in [-0.39, 0.29) is 24.2 Å². The summed E-state index contributed by atoms with van der Waals surface area (Å²) in [7, 11) is 0. The van der Waals surface area contributed by atoms with Gasteiger partial charge in [0.05, 0.1) is 17.7 Å². The summed E-state index contributed by atoms with van der Waals surface area (Å²) in [6, 6.07) is 9.82. The molecule has 0 bridgehead atoms. The Morgan fingerprint density at radius 3 is 2.71 bits per heavy atom. The van der Waals surface area contributed by atoms with E-state index in [1.807, 2.05) is 6.07 Å². The second-order valence-corrected chi connectivity index (χ2v) is 5.65. The van der Waals surface area contributed by atoms with Crippen LogP contribution in [0.2, 0.25) is 0 Å². The van der Waals surface area contributed by atoms with Crippen molar-refractivity contribution in [1.82, 2.24) is 4.98 Å². The van der Waals surface area contributed by atoms with Crippen LogP contribution in [-0.4, -0.2) is 22.7 Å². The largest absolute Gasteiger partial charge is 0.416 e. The molecule has 2 aromatic rings. The number of halogens is 3. The molecule has 2 atom stereocenters. The number of pyridine rings is 1. The molecule has 1 fully saturated rings. The fraction of sp³-hybridized carbons (Fsp3) is 0.294. The van der Waals surface area contributed by atoms with Crippen molar-refractivity contribution in [3.63, 3.8) is 0 Å². The lowest BCUT2D eigenvalue weighted by Gasteiger charge is -2.28. The fourth-order valence-corrected chi connectivity index (χ4v) is 3.10. The number of hydrogen-bond acceptors (Lipinski definition) is 4. The Kier molecular flexibility index (Phi) is 4.16. The molecule has 2 heterocycles. The number of rotatable bonds is 2. The SMILES string of the molecule is N#Cc1cc(N2CC(O)CC2c2ccccc2C(F)(F)F)ccn1. The summed E-state index contributed by atoms with van der Waals surface area (Å²) in [5, 5.41) is 19.0. The summed E-state index contributed by atoms with van der Waals surface area (Å²) >= 11 is 0. The third-order valence-electron chi connectivity index (χ3n) is 4.09. The van der Waals surface area contributed by atoms with E-state index in [4.69, 9.17) is 5.26 Å². The molecule has 4 nitrogen and oxygen atoms in total. The summed E-state index contributed by atoms with van der Waals surface area (Å²) in [6.07, 6.45) is -3.58. The van der Waals surface area contributed by atoms with Crippen LogP contribution < -0.4 is 4.90 Å². The number of nitriles is 1. The molecule has 1 aromatic heterocycles. The third kappa shape index (κ3) is 3.05. The van der Waals surface area contributed by atoms with Crippen LogP contribution in [0.4, 0.5) is 18.9 Å². The smallest absolute Gasteiger partial charge is 0.391 e. The predicted molar refractivity (Wildman–Crippen MR) is 81.1 cm³/mol. The van der Waals surface area contributed by atoms with Gasteiger partial charge in [0.15, 0.2) is 0 Å². The average molecular weight is 333 g/mol. The van der Waals surface area contributed by atoms with Gasteiger partial charge in [0, 0.05) is 18.4 Å². The first kappa shape index (κ1) is 16.3. The molecule has 0 radical (unpaired) electrons. The molecule has 3 rings (SSSR count). The lowest BCUT2D eigenvalue weighted by atomic mass is 9.97. The van der Waals surface area contributed by atoms with E-state index in [2.05, 4.69) is 4.98 Å². The molecular weight excluding hydrogens is 319 g/mol. The standard InChI is InChI=1S/C17H14F3N3O/c18-17(19,20)15-4-2-1-3-14(15)16-8-13(24)10-23(16)12-5-6-22-11(7-12)9-21/h1-7,13,16,24H,8,10H2. The van der Waals surface area contributed by atoms with Crippen LogP contribution in [0.5, 0.6) is 0 Å². The van der Waals surface area contributed by atoms with E-state index in [0.29, 0.717) is 5.69 Å². The Morgan fingerprint density at radius 2 is 2.00 bits per heavy atom. The van der Waals surface area contributed by atoms with Gasteiger partial charge in [-0.15, -0.1) is 0 Å². The quantitative estimate of drug-likeness (QED) is 0.916. The Bertz CT molecular complexity index is 785. The van der Waals surface area contributed by atoms with Crippen LogP contribution in [0.1, 0.15) is 29.3 Å². The molecule has 0 spiro atoms. The summed E-state index contributed by atoms with van der Waals surface area (Å²) in [6.45, 7) is 0.200. The van der Waals surface area contributed by atoms with Crippen molar-refractivity contribution in [2.75, 3.05) is 11.4 Å². The van der Waals surface area contributed by atoms with Gasteiger partial charge in [-0.3, -0.25) is 0 Å². The van der Waals surface area contributed by atoms with E-state index in [1.165, 1.54) is 24.4 Å². The molecule has 24 heavy (non-hydrogen) atoms. The number of β-amino-alcohol motifs (C(OH)–C–C–N with tert-alkyl or cyclic N) is 1. The number of aliphatic hydroxyl groups excluding tert-OH is 1. The maximum atomic E-state index is 13.3. The van der Waals surface area contributed by atoms with Gasteiger partial charge < -0.3 is 10.0 Å². The number of benzene rings is 1. The van der Waals surface area contributed by atoms with E-state index in [9.17, 15) is 18.3 Å². The number of aromatic nitrogens is 1. The molecule has 124 valence electrons. The predicted octanol–water partition coefficient (Wildman–Crippen LogP) is 3.28. The highest BCUT2D eigenvalue weighted by molar-refractivity contribution is 5.53. The fourth-order valence-electron chi connectivity index (χ4n) is 3.10. The van der Waals surface area contributed by atoms with Gasteiger partial charge in [0.2, 0.25) is 0 Å². The van der Waals surface area contributed by atoms with Gasteiger partial charge in [-0.05, 0) is 30.2 Å². The molecule has 1 aliphatic rings. The lowest BCUT2D eigenvalue weighted by molar-refractivity contribution is -0.138. The highest BCUT2D eigenvalue weighted by Crippen LogP contribution is 2.42. The minimum absolute atomic E-state index is 0.122. The van der Waals surface area contributed by atoms with E-state index < -0.39 is 23.9 Å². The summed E-state index contributed by atoms with van der Waals surface area (Å²) in [4.78, 5) is 5.56. The van der Waals surface area contributed by atoms with Crippen molar-refractivity contribution in [3.05, 3.63) is 59.4 Å². The first-order chi connectivity index (χ1) is 11.4. The van der Waals surface area contributed by atoms with Gasteiger partial charge >= 0.3 is 6.18 Å². The summed E-state index contributed by atoms with van der Waals surface area (Å²) < 4.78 is 39.9. The van der Waals surface area contributed by atoms with Crippen molar-refractivity contribution >= 4 is 5.69 Å². The van der Waals surface area contributed by atoms with Crippen molar-refractivity contribution < 1.29 is 18.3 Å². The minimum Gasteiger partial charge on any atom is -0.391 e. The Hall–Kier alpha value is -2.59. The van der Waals surface area contributed by atoms with Gasteiger partial charge in [-0.1, -0.05) is 18.2 Å². The minimum atomic E-state index is -4.47. The lowest BCUT2D eigenvalue weighted by Crippen LogP contribution is -2.26. The van der Waals surface area contributed by atoms with Crippen molar-refractivity contribution in [2.24, 2.45) is 0 Å². The molecule has 0 amide bonds. The number of anilines is 1. The van der Waals surface area contributed by atoms with E-state index in [0.717, 1.165) is 6.07 Å². The monoisotopic (exact) mass is 333 g/mol. The molecule has 0 saturated carbocycles. The highest BCUT2D eigenvalue weighted by atomic mass is 19.4. The van der Waals surface area contributed by atoms with Crippen LogP contribution in [0.3, 0.4) is 0 Å². The van der Waals surface area contributed by atoms with Crippen molar-refractivity contribution in [1.29, 1.82) is 5.26 Å². The van der Waals surface area contributed by atoms with Crippen molar-refractivity contribution in [3.8, 4) is 6.07 Å². The van der Waals surface area contributed by atoms with E-state index in [1.54, 1.807) is 17.0 Å². The first-order valence-corrected chi connectivity index (χ1v) is 7.37. The Labute approximate surface area is 136 Å². The zero-order valence-electron chi connectivity index (χ0n) is 12.5. The van der Waals surface area contributed by atoms with E-state index >= 15 is 0 Å². The average Bonchev–Trinajstić information content (AvgIpc) is 2.96. The zero-order chi connectivity index (χ0) is 17.3. The molecule has 0 aliphatic carbocycles. The maximum Gasteiger partial charge on any atom is 0.416 e. The molecule has 1 N–H and O–H groups in total. The third-order valence-corrected chi connectivity index (χ3v) is 4.09. The summed E-state index contributed by atoms with van der Waals surface area (Å²) in [5.41, 5.74) is 0.164. The number of alkyl halides is 3. The topological polar surface area (TPSA) is 60.2 Å². The van der Waals surface area contributed by atoms with Crippen molar-refractivity contribution in [2.45, 2.75) is 24.7 Å². The zero-order valence-corrected chi connectivity index (χ0v) is 12.5. The second-order valence-electron chi connectivity index (χ2n) is 5.65. The number of aliphatic hydroxyl groups is 1. The second kappa shape index (κ2) is 6.13. The molecule has 7 heteroatoms. The Morgan fingerprint density at radius 1 is 1.25 bits per heavy atom. The summed E-state index contributed by atoms with van der Waals surface area (Å²) in [5.74, 6) is 0. The molecule has 2 unspecified atom stereocenters. The van der Waals surface area contributed by atoms with Crippen LogP contribution in [-0.2, 0) is 6.18 Å². The van der Waals surface area contributed by atoms with Gasteiger partial charge in [0.1, 0.15) is 11.8 Å². The van der Waals surface area contributed by atoms with Crippen LogP contribution >= 0.6 is 0 Å².